The zero-order valence-corrected chi connectivity index (χ0v) is 31.3. The molecule has 1 aliphatic heterocycles. The maximum Gasteiger partial charge on any atom is 0.407 e. The van der Waals surface area contributed by atoms with Crippen LogP contribution in [0.15, 0.2) is 0 Å². The molecule has 49 heavy (non-hydrogen) atoms. The van der Waals surface area contributed by atoms with Gasteiger partial charge in [-0.15, -0.1) is 0 Å². The van der Waals surface area contributed by atoms with Crippen LogP contribution in [-0.2, 0) is 52.3 Å². The molecule has 1 aliphatic rings. The number of carbonyl (C=O) groups is 5. The van der Waals surface area contributed by atoms with Crippen LogP contribution in [0.3, 0.4) is 0 Å². The van der Waals surface area contributed by atoms with E-state index < -0.39 is 72.3 Å². The second kappa shape index (κ2) is 23.2. The predicted octanol–water partition coefficient (Wildman–Crippen LogP) is 5.16. The van der Waals surface area contributed by atoms with Crippen LogP contribution in [0.2, 0.25) is 0 Å². The molecule has 0 saturated carbocycles. The smallest absolute Gasteiger partial charge is 0.407 e. The van der Waals surface area contributed by atoms with Gasteiger partial charge in [0, 0.05) is 27.7 Å². The Bertz CT molecular complexity index is 1070. The molecule has 0 aromatic rings. The Morgan fingerprint density at radius 3 is 1.73 bits per heavy atom. The average Bonchev–Trinajstić information content (AvgIpc) is 2.97. The van der Waals surface area contributed by atoms with Crippen molar-refractivity contribution < 1.29 is 57.1 Å². The van der Waals surface area contributed by atoms with E-state index in [0.717, 1.165) is 46.5 Å². The molecule has 15 heteroatoms. The summed E-state index contributed by atoms with van der Waals surface area (Å²) in [5.41, 5.74) is -0.696. The Morgan fingerprint density at radius 2 is 1.22 bits per heavy atom. The van der Waals surface area contributed by atoms with Crippen molar-refractivity contribution in [1.82, 2.24) is 10.6 Å². The number of esters is 4. The van der Waals surface area contributed by atoms with Crippen LogP contribution >= 0.6 is 12.2 Å². The third kappa shape index (κ3) is 20.2. The van der Waals surface area contributed by atoms with Gasteiger partial charge >= 0.3 is 30.0 Å². The van der Waals surface area contributed by atoms with E-state index in [9.17, 15) is 24.0 Å². The number of unbranched alkanes of at least 4 members (excludes halogenated alkanes) is 9. The van der Waals surface area contributed by atoms with Crippen molar-refractivity contribution in [2.75, 3.05) is 13.2 Å². The predicted molar refractivity (Wildman–Crippen MR) is 183 cm³/mol. The Labute approximate surface area is 296 Å². The van der Waals surface area contributed by atoms with Crippen LogP contribution in [0.25, 0.3) is 0 Å². The lowest BCUT2D eigenvalue weighted by molar-refractivity contribution is -0.255. The molecule has 14 nitrogen and oxygen atoms in total. The van der Waals surface area contributed by atoms with Crippen LogP contribution in [0.5, 0.6) is 0 Å². The number of hydrogen-bond acceptors (Lipinski definition) is 13. The van der Waals surface area contributed by atoms with Gasteiger partial charge in [-0.3, -0.25) is 19.2 Å². The molecule has 0 spiro atoms. The summed E-state index contributed by atoms with van der Waals surface area (Å²) >= 11 is 5.44. The maximum absolute atomic E-state index is 12.6. The highest BCUT2D eigenvalue weighted by atomic mass is 32.1. The van der Waals surface area contributed by atoms with E-state index in [1.54, 1.807) is 20.8 Å². The molecule has 0 bridgehead atoms. The molecule has 282 valence electrons. The van der Waals surface area contributed by atoms with E-state index in [2.05, 4.69) is 17.6 Å². The number of carbonyl (C=O) groups excluding carboxylic acids is 5. The minimum Gasteiger partial charge on any atom is -0.469 e. The standard InChI is InChI=1S/C34H58N2O12S/c1-9-10-11-12-13-14-15-16-17-18-19-26(35-32(41)48-34(6,7)8)20-43-33(49)36-31-30(46-25(5)40)29(45-24(4)39)28(44-23(3)38)27(47-31)21-42-22(2)37/h26-31H,9-21H2,1-8H3,(H,35,41)(H,36,49)/t26-,27-,28-,29+,30-,31+/m1/s1. The third-order valence-corrected chi connectivity index (χ3v) is 7.53. The largest absolute Gasteiger partial charge is 0.469 e. The topological polar surface area (TPSA) is 174 Å². The van der Waals surface area contributed by atoms with Gasteiger partial charge in [-0.1, -0.05) is 71.1 Å². The molecule has 2 N–H and O–H groups in total. The lowest BCUT2D eigenvalue weighted by Crippen LogP contribution is -2.66. The van der Waals surface area contributed by atoms with E-state index in [-0.39, 0.29) is 18.4 Å². The highest BCUT2D eigenvalue weighted by molar-refractivity contribution is 7.80. The molecule has 0 unspecified atom stereocenters. The first kappa shape index (κ1) is 43.8. The Morgan fingerprint density at radius 1 is 0.714 bits per heavy atom. The van der Waals surface area contributed by atoms with Gasteiger partial charge in [-0.2, -0.15) is 0 Å². The Kier molecular flexibility index (Phi) is 20.8. The summed E-state index contributed by atoms with van der Waals surface area (Å²) in [6, 6.07) is -0.445. The van der Waals surface area contributed by atoms with Gasteiger partial charge in [0.15, 0.2) is 24.5 Å². The molecule has 1 rings (SSSR count). The molecular weight excluding hydrogens is 660 g/mol. The van der Waals surface area contributed by atoms with E-state index in [4.69, 9.17) is 45.4 Å². The van der Waals surface area contributed by atoms with Crippen LogP contribution in [0.4, 0.5) is 4.79 Å². The molecule has 1 amide bonds. The highest BCUT2D eigenvalue weighted by Gasteiger charge is 2.52. The van der Waals surface area contributed by atoms with Gasteiger partial charge in [0.05, 0.1) is 6.04 Å². The zero-order chi connectivity index (χ0) is 37.0. The van der Waals surface area contributed by atoms with Gasteiger partial charge in [-0.25, -0.2) is 4.79 Å². The summed E-state index contributed by atoms with van der Waals surface area (Å²) in [5, 5.41) is 5.49. The molecule has 0 aromatic carbocycles. The highest BCUT2D eigenvalue weighted by Crippen LogP contribution is 2.28. The van der Waals surface area contributed by atoms with Crippen molar-refractivity contribution in [3.8, 4) is 0 Å². The number of amides is 1. The molecule has 1 fully saturated rings. The van der Waals surface area contributed by atoms with E-state index >= 15 is 0 Å². The molecule has 0 radical (unpaired) electrons. The molecule has 0 aromatic heterocycles. The summed E-state index contributed by atoms with van der Waals surface area (Å²) in [7, 11) is 0. The van der Waals surface area contributed by atoms with Gasteiger partial charge in [-0.05, 0) is 39.4 Å². The average molecular weight is 719 g/mol. The Balaban J connectivity index is 3.00. The zero-order valence-electron chi connectivity index (χ0n) is 30.5. The lowest BCUT2D eigenvalue weighted by atomic mass is 9.97. The molecule has 1 heterocycles. The third-order valence-electron chi connectivity index (χ3n) is 7.29. The van der Waals surface area contributed by atoms with Crippen LogP contribution in [0, 0.1) is 0 Å². The second-order valence-corrected chi connectivity index (χ2v) is 13.5. The quantitative estimate of drug-likeness (QED) is 0.0731. The minimum absolute atomic E-state index is 0.0201. The molecule has 6 atom stereocenters. The fraction of sp³-hybridized carbons (Fsp3) is 0.824. The van der Waals surface area contributed by atoms with Gasteiger partial charge in [0.25, 0.3) is 5.17 Å². The fourth-order valence-electron chi connectivity index (χ4n) is 5.23. The summed E-state index contributed by atoms with van der Waals surface area (Å²) in [6.07, 6.45) is 5.21. The van der Waals surface area contributed by atoms with Gasteiger partial charge in [0.2, 0.25) is 0 Å². The fourth-order valence-corrected chi connectivity index (χ4v) is 5.41. The van der Waals surface area contributed by atoms with Crippen LogP contribution in [-0.4, -0.2) is 90.6 Å². The van der Waals surface area contributed by atoms with Crippen molar-refractivity contribution in [3.05, 3.63) is 0 Å². The van der Waals surface area contributed by atoms with Crippen LogP contribution < -0.4 is 10.6 Å². The molecule has 1 saturated heterocycles. The first-order valence-corrected chi connectivity index (χ1v) is 17.7. The van der Waals surface area contributed by atoms with Crippen LogP contribution in [0.1, 0.15) is 126 Å². The summed E-state index contributed by atoms with van der Waals surface area (Å²) in [6.45, 7) is 11.7. The van der Waals surface area contributed by atoms with E-state index in [0.29, 0.717) is 6.42 Å². The molecular formula is C34H58N2O12S. The normalized spacial score (nSPS) is 21.0. The number of nitrogens with one attached hydrogen (secondary N) is 2. The monoisotopic (exact) mass is 718 g/mol. The number of thiocarbonyl (C=S) groups is 1. The SMILES string of the molecule is CCCCCCCCCCCC[C@H](COC(=S)N[C@H]1O[C@H](COC(C)=O)[C@@H](OC(C)=O)[C@H](OC(C)=O)[C@H]1OC(C)=O)NC(=O)OC(C)(C)C. The van der Waals surface area contributed by atoms with Crippen molar-refractivity contribution in [2.24, 2.45) is 0 Å². The van der Waals surface area contributed by atoms with E-state index in [1.807, 2.05) is 0 Å². The van der Waals surface area contributed by atoms with Gasteiger partial charge < -0.3 is 43.8 Å². The van der Waals surface area contributed by atoms with Gasteiger partial charge in [0.1, 0.15) is 24.9 Å². The number of alkyl carbamates (subject to hydrolysis) is 1. The minimum atomic E-state index is -1.36. The second-order valence-electron chi connectivity index (χ2n) is 13.2. The van der Waals surface area contributed by atoms with Crippen molar-refractivity contribution in [3.63, 3.8) is 0 Å². The number of hydrogen-bond donors (Lipinski definition) is 2. The summed E-state index contributed by atoms with van der Waals surface area (Å²) in [4.78, 5) is 60.4. The van der Waals surface area contributed by atoms with E-state index in [1.165, 1.54) is 45.4 Å². The molecule has 0 aliphatic carbocycles. The number of rotatable bonds is 20. The first-order chi connectivity index (χ1) is 23.0. The number of ether oxygens (including phenoxy) is 7. The summed E-state index contributed by atoms with van der Waals surface area (Å²) in [5.74, 6) is -2.88. The maximum atomic E-state index is 12.6. The van der Waals surface area contributed by atoms with Crippen molar-refractivity contribution in [1.29, 1.82) is 0 Å². The van der Waals surface area contributed by atoms with Crippen molar-refractivity contribution >= 4 is 47.4 Å². The lowest BCUT2D eigenvalue weighted by Gasteiger charge is -2.44. The first-order valence-electron chi connectivity index (χ1n) is 17.3. The summed E-state index contributed by atoms with van der Waals surface area (Å²) < 4.78 is 38.7. The van der Waals surface area contributed by atoms with Crippen molar-refractivity contribution in [2.45, 2.75) is 168 Å². The Hall–Kier alpha value is -3.20.